The summed E-state index contributed by atoms with van der Waals surface area (Å²) in [6.45, 7) is 1.41. The second-order valence-electron chi connectivity index (χ2n) is 7.91. The lowest BCUT2D eigenvalue weighted by molar-refractivity contribution is 0.0951. The Kier molecular flexibility index (Phi) is 6.54. The fourth-order valence-corrected chi connectivity index (χ4v) is 4.61. The number of carbonyl (C=O) groups is 1. The average molecular weight is 499 g/mol. The van der Waals surface area contributed by atoms with Gasteiger partial charge >= 0.3 is 0 Å². The number of halogens is 2. The molecule has 0 fully saturated rings. The molecule has 0 aliphatic carbocycles. The number of nitrogens with one attached hydrogen (secondary N) is 1. The number of benzene rings is 3. The minimum Gasteiger partial charge on any atom is -0.378 e. The van der Waals surface area contributed by atoms with Crippen molar-refractivity contribution in [2.24, 2.45) is 0 Å². The molecule has 1 N–H and O–H groups in total. The summed E-state index contributed by atoms with van der Waals surface area (Å²) in [5.41, 5.74) is 5.37. The molecule has 31 heavy (non-hydrogen) atoms. The van der Waals surface area contributed by atoms with E-state index in [1.165, 1.54) is 16.8 Å². The number of fused-ring (bicyclic) bond motifs is 1. The van der Waals surface area contributed by atoms with Crippen molar-refractivity contribution in [1.82, 2.24) is 5.32 Å². The number of anilines is 2. The zero-order chi connectivity index (χ0) is 22.0. The Labute approximate surface area is 196 Å². The molecule has 0 radical (unpaired) electrons. The zero-order valence-corrected chi connectivity index (χ0v) is 20.0. The van der Waals surface area contributed by atoms with Gasteiger partial charge in [-0.05, 0) is 53.9 Å². The monoisotopic (exact) mass is 497 g/mol. The van der Waals surface area contributed by atoms with Crippen LogP contribution in [0.1, 0.15) is 27.5 Å². The molecule has 1 aliphatic rings. The minimum absolute atomic E-state index is 0.0229. The molecule has 0 saturated heterocycles. The van der Waals surface area contributed by atoms with Crippen molar-refractivity contribution in [3.63, 3.8) is 0 Å². The van der Waals surface area contributed by atoms with Gasteiger partial charge in [0.05, 0.1) is 16.6 Å². The molecule has 0 aromatic heterocycles. The summed E-state index contributed by atoms with van der Waals surface area (Å²) >= 11 is 9.69. The van der Waals surface area contributed by atoms with E-state index in [1.54, 1.807) is 12.1 Å². The van der Waals surface area contributed by atoms with Crippen LogP contribution in [0.2, 0.25) is 5.02 Å². The van der Waals surface area contributed by atoms with Gasteiger partial charge in [-0.15, -0.1) is 0 Å². The van der Waals surface area contributed by atoms with Gasteiger partial charge in [-0.2, -0.15) is 0 Å². The van der Waals surface area contributed by atoms with Crippen LogP contribution in [0.15, 0.2) is 71.2 Å². The van der Waals surface area contributed by atoms with E-state index in [4.69, 9.17) is 11.6 Å². The van der Waals surface area contributed by atoms with Crippen LogP contribution in [0.4, 0.5) is 11.4 Å². The molecule has 1 heterocycles. The van der Waals surface area contributed by atoms with Crippen molar-refractivity contribution < 1.29 is 4.79 Å². The highest BCUT2D eigenvalue weighted by Gasteiger charge is 2.27. The van der Waals surface area contributed by atoms with Gasteiger partial charge in [0.2, 0.25) is 0 Å². The first-order valence-electron chi connectivity index (χ1n) is 10.3. The van der Waals surface area contributed by atoms with Crippen LogP contribution in [0.25, 0.3) is 0 Å². The molecule has 160 valence electrons. The predicted molar refractivity (Wildman–Crippen MR) is 132 cm³/mol. The van der Waals surface area contributed by atoms with E-state index < -0.39 is 0 Å². The van der Waals surface area contributed by atoms with Gasteiger partial charge in [0.25, 0.3) is 5.91 Å². The van der Waals surface area contributed by atoms with Crippen molar-refractivity contribution >= 4 is 44.8 Å². The first-order valence-corrected chi connectivity index (χ1v) is 11.5. The van der Waals surface area contributed by atoms with Crippen LogP contribution in [0.5, 0.6) is 0 Å². The van der Waals surface area contributed by atoms with Crippen molar-refractivity contribution in [2.75, 3.05) is 37.0 Å². The first-order chi connectivity index (χ1) is 14.9. The van der Waals surface area contributed by atoms with E-state index in [0.29, 0.717) is 17.1 Å². The smallest absolute Gasteiger partial charge is 0.252 e. The quantitative estimate of drug-likeness (QED) is 0.473. The van der Waals surface area contributed by atoms with E-state index in [1.807, 2.05) is 20.2 Å². The third-order valence-corrected chi connectivity index (χ3v) is 6.55. The Morgan fingerprint density at radius 1 is 1.13 bits per heavy atom. The Morgan fingerprint density at radius 2 is 1.87 bits per heavy atom. The molecule has 1 amide bonds. The fraction of sp³-hybridized carbons (Fsp3) is 0.240. The molecule has 1 atom stereocenters. The van der Waals surface area contributed by atoms with Crippen LogP contribution in [0.3, 0.4) is 0 Å². The number of amides is 1. The highest BCUT2D eigenvalue weighted by molar-refractivity contribution is 9.10. The second kappa shape index (κ2) is 9.33. The largest absolute Gasteiger partial charge is 0.378 e. The number of hydrogen-bond donors (Lipinski definition) is 1. The molecule has 0 saturated carbocycles. The highest BCUT2D eigenvalue weighted by Crippen LogP contribution is 2.35. The number of hydrogen-bond acceptors (Lipinski definition) is 3. The molecule has 0 bridgehead atoms. The molecule has 4 nitrogen and oxygen atoms in total. The molecule has 3 aromatic rings. The van der Waals surface area contributed by atoms with Crippen LogP contribution in [-0.4, -0.2) is 33.1 Å². The Balaban J connectivity index is 1.61. The molecule has 1 unspecified atom stereocenters. The number of rotatable bonds is 6. The van der Waals surface area contributed by atoms with E-state index in [0.717, 1.165) is 23.1 Å². The summed E-state index contributed by atoms with van der Waals surface area (Å²) in [6.07, 6.45) is 1.01. The lowest BCUT2D eigenvalue weighted by Crippen LogP contribution is -2.37. The third-order valence-electron chi connectivity index (χ3n) is 5.72. The highest BCUT2D eigenvalue weighted by atomic mass is 79.9. The summed E-state index contributed by atoms with van der Waals surface area (Å²) in [6, 6.07) is 22.4. The summed E-state index contributed by atoms with van der Waals surface area (Å²) in [5.74, 6) is -0.173. The molecule has 4 rings (SSSR count). The van der Waals surface area contributed by atoms with E-state index >= 15 is 0 Å². The maximum absolute atomic E-state index is 12.9. The van der Waals surface area contributed by atoms with Crippen molar-refractivity contribution in [1.29, 1.82) is 0 Å². The normalized spacial score (nSPS) is 13.6. The van der Waals surface area contributed by atoms with Crippen LogP contribution < -0.4 is 15.1 Å². The van der Waals surface area contributed by atoms with Gasteiger partial charge in [-0.1, -0.05) is 57.9 Å². The van der Waals surface area contributed by atoms with Crippen LogP contribution >= 0.6 is 27.5 Å². The number of carbonyl (C=O) groups excluding carboxylic acids is 1. The molecular weight excluding hydrogens is 474 g/mol. The molecule has 3 aromatic carbocycles. The lowest BCUT2D eigenvalue weighted by atomic mass is 10.0. The zero-order valence-electron chi connectivity index (χ0n) is 17.6. The summed E-state index contributed by atoms with van der Waals surface area (Å²) in [5, 5.41) is 3.56. The number of nitrogens with zero attached hydrogens (tertiary/aromatic N) is 2. The van der Waals surface area contributed by atoms with Crippen molar-refractivity contribution in [3.8, 4) is 0 Å². The molecular formula is C25H25BrClN3O. The predicted octanol–water partition coefficient (Wildman–Crippen LogP) is 5.70. The topological polar surface area (TPSA) is 35.6 Å². The van der Waals surface area contributed by atoms with Crippen LogP contribution in [-0.2, 0) is 6.42 Å². The van der Waals surface area contributed by atoms with Crippen molar-refractivity contribution in [2.45, 2.75) is 12.5 Å². The van der Waals surface area contributed by atoms with Crippen molar-refractivity contribution in [3.05, 3.63) is 92.9 Å². The van der Waals surface area contributed by atoms with Gasteiger partial charge < -0.3 is 15.1 Å². The number of para-hydroxylation sites is 1. The van der Waals surface area contributed by atoms with Gasteiger partial charge in [0, 0.05) is 43.0 Å². The van der Waals surface area contributed by atoms with Gasteiger partial charge in [-0.3, -0.25) is 4.79 Å². The summed E-state index contributed by atoms with van der Waals surface area (Å²) < 4.78 is 0.825. The first kappa shape index (κ1) is 21.7. The van der Waals surface area contributed by atoms with Gasteiger partial charge in [0.1, 0.15) is 0 Å². The van der Waals surface area contributed by atoms with E-state index in [9.17, 15) is 4.79 Å². The minimum atomic E-state index is -0.173. The molecule has 0 spiro atoms. The van der Waals surface area contributed by atoms with Gasteiger partial charge in [0.15, 0.2) is 0 Å². The second-order valence-corrected chi connectivity index (χ2v) is 9.23. The lowest BCUT2D eigenvalue weighted by Gasteiger charge is -2.31. The maximum Gasteiger partial charge on any atom is 0.252 e. The summed E-state index contributed by atoms with van der Waals surface area (Å²) in [4.78, 5) is 17.4. The maximum atomic E-state index is 12.9. The van der Waals surface area contributed by atoms with Crippen LogP contribution in [0, 0.1) is 0 Å². The summed E-state index contributed by atoms with van der Waals surface area (Å²) in [7, 11) is 4.07. The fourth-order valence-electron chi connectivity index (χ4n) is 4.05. The van der Waals surface area contributed by atoms with Gasteiger partial charge in [-0.25, -0.2) is 0 Å². The Morgan fingerprint density at radius 3 is 2.61 bits per heavy atom. The SMILES string of the molecule is CN(C)c1ccc(C(CNC(=O)c2cc(Br)ccc2Cl)N2CCc3ccccc32)cc1. The third kappa shape index (κ3) is 4.73. The molecule has 1 aliphatic heterocycles. The Bertz CT molecular complexity index is 1080. The standard InChI is InChI=1S/C25H25BrClN3O/c1-29(2)20-10-7-18(8-11-20)24(30-14-13-17-5-3-4-6-23(17)30)16-28-25(31)21-15-19(26)9-12-22(21)27/h3-12,15,24H,13-14,16H2,1-2H3,(H,28,31). The average Bonchev–Trinajstić information content (AvgIpc) is 3.20. The van der Waals surface area contributed by atoms with E-state index in [2.05, 4.69) is 79.6 Å². The Hall–Kier alpha value is -2.50. The van der Waals surface area contributed by atoms with E-state index in [-0.39, 0.29) is 11.9 Å². The molecule has 6 heteroatoms.